The van der Waals surface area contributed by atoms with E-state index < -0.39 is 11.7 Å². The van der Waals surface area contributed by atoms with Crippen LogP contribution in [0.15, 0.2) is 54.6 Å². The van der Waals surface area contributed by atoms with Crippen molar-refractivity contribution in [3.05, 3.63) is 60.2 Å². The first-order chi connectivity index (χ1) is 12.2. The smallest absolute Gasteiger partial charge is 0.417 e. The molecule has 0 aliphatic rings. The Morgan fingerprint density at radius 1 is 0.692 bits per heavy atom. The zero-order valence-electron chi connectivity index (χ0n) is 13.4. The fraction of sp³-hybridized carbons (Fsp3) is 0.0526. The molecule has 4 nitrogen and oxygen atoms in total. The third-order valence-corrected chi connectivity index (χ3v) is 3.95. The maximum Gasteiger partial charge on any atom is 0.417 e. The van der Waals surface area contributed by atoms with Crippen molar-refractivity contribution < 1.29 is 23.4 Å². The summed E-state index contributed by atoms with van der Waals surface area (Å²) < 4.78 is 40.3. The number of anilines is 2. The predicted molar refractivity (Wildman–Crippen MR) is 94.5 cm³/mol. The van der Waals surface area contributed by atoms with E-state index in [4.69, 9.17) is 11.5 Å². The highest BCUT2D eigenvalue weighted by Crippen LogP contribution is 2.47. The third kappa shape index (κ3) is 3.11. The summed E-state index contributed by atoms with van der Waals surface area (Å²) >= 11 is 0. The number of alkyl halides is 3. The van der Waals surface area contributed by atoms with E-state index in [1.165, 1.54) is 48.5 Å². The predicted octanol–water partition coefficient (Wildman–Crippen LogP) is 4.62. The summed E-state index contributed by atoms with van der Waals surface area (Å²) in [5, 5.41) is 20.6. The highest BCUT2D eigenvalue weighted by atomic mass is 19.4. The van der Waals surface area contributed by atoms with Gasteiger partial charge in [-0.2, -0.15) is 13.2 Å². The van der Waals surface area contributed by atoms with Gasteiger partial charge in [0.05, 0.1) is 5.56 Å². The van der Waals surface area contributed by atoms with Crippen molar-refractivity contribution in [1.82, 2.24) is 0 Å². The van der Waals surface area contributed by atoms with Gasteiger partial charge in [-0.05, 0) is 35.4 Å². The van der Waals surface area contributed by atoms with Gasteiger partial charge in [0.25, 0.3) is 0 Å². The van der Waals surface area contributed by atoms with Gasteiger partial charge < -0.3 is 21.7 Å². The minimum Gasteiger partial charge on any atom is -0.507 e. The van der Waals surface area contributed by atoms with Crippen LogP contribution in [0.4, 0.5) is 24.5 Å². The minimum absolute atomic E-state index is 0.0356. The minimum atomic E-state index is -4.60. The largest absolute Gasteiger partial charge is 0.507 e. The van der Waals surface area contributed by atoms with Crippen LogP contribution in [0.3, 0.4) is 0 Å². The molecule has 3 rings (SSSR count). The Labute approximate surface area is 147 Å². The molecule has 134 valence electrons. The van der Waals surface area contributed by atoms with Gasteiger partial charge in [0.15, 0.2) is 0 Å². The Morgan fingerprint density at radius 2 is 1.35 bits per heavy atom. The normalized spacial score (nSPS) is 11.5. The van der Waals surface area contributed by atoms with E-state index in [-0.39, 0.29) is 45.1 Å². The van der Waals surface area contributed by atoms with Crippen molar-refractivity contribution in [3.8, 4) is 33.8 Å². The van der Waals surface area contributed by atoms with Crippen LogP contribution in [-0.4, -0.2) is 10.2 Å². The monoisotopic (exact) mass is 360 g/mol. The Morgan fingerprint density at radius 3 is 2.00 bits per heavy atom. The summed E-state index contributed by atoms with van der Waals surface area (Å²) in [5.74, 6) is -0.618. The standard InChI is InChI=1S/C19H15F3N2O2/c20-19(21,22)15-4-2-1-3-12(15)14-7-11(24)9-17(26)18(14)13-6-5-10(23)8-16(13)25/h1-9,25-26H,23-24H2. The van der Waals surface area contributed by atoms with Crippen molar-refractivity contribution >= 4 is 11.4 Å². The molecule has 3 aromatic carbocycles. The molecule has 0 spiro atoms. The van der Waals surface area contributed by atoms with Gasteiger partial charge in [-0.25, -0.2) is 0 Å². The van der Waals surface area contributed by atoms with E-state index in [0.29, 0.717) is 0 Å². The first-order valence-corrected chi connectivity index (χ1v) is 7.56. The number of halogens is 3. The van der Waals surface area contributed by atoms with Gasteiger partial charge in [-0.1, -0.05) is 18.2 Å². The van der Waals surface area contributed by atoms with Crippen LogP contribution in [-0.2, 0) is 6.18 Å². The molecule has 0 amide bonds. The zero-order valence-corrected chi connectivity index (χ0v) is 13.4. The molecule has 26 heavy (non-hydrogen) atoms. The average Bonchev–Trinajstić information content (AvgIpc) is 2.54. The quantitative estimate of drug-likeness (QED) is 0.502. The second-order valence-corrected chi connectivity index (χ2v) is 5.78. The molecule has 0 fully saturated rings. The summed E-state index contributed by atoms with van der Waals surface area (Å²) in [6.45, 7) is 0. The second-order valence-electron chi connectivity index (χ2n) is 5.78. The van der Waals surface area contributed by atoms with Crippen LogP contribution < -0.4 is 11.5 Å². The molecule has 6 N–H and O–H groups in total. The van der Waals surface area contributed by atoms with Gasteiger partial charge in [0.2, 0.25) is 0 Å². The van der Waals surface area contributed by atoms with E-state index in [9.17, 15) is 23.4 Å². The Kier molecular flexibility index (Phi) is 4.15. The van der Waals surface area contributed by atoms with Crippen LogP contribution in [0, 0.1) is 0 Å². The summed E-state index contributed by atoms with van der Waals surface area (Å²) in [4.78, 5) is 0. The topological polar surface area (TPSA) is 92.5 Å². The number of benzene rings is 3. The van der Waals surface area contributed by atoms with Crippen LogP contribution in [0.25, 0.3) is 22.3 Å². The number of nitrogen functional groups attached to an aromatic ring is 2. The van der Waals surface area contributed by atoms with Crippen LogP contribution >= 0.6 is 0 Å². The second kappa shape index (κ2) is 6.18. The Balaban J connectivity index is 2.37. The van der Waals surface area contributed by atoms with Gasteiger partial charge in [-0.15, -0.1) is 0 Å². The molecular formula is C19H15F3N2O2. The van der Waals surface area contributed by atoms with Crippen LogP contribution in [0.2, 0.25) is 0 Å². The van der Waals surface area contributed by atoms with Gasteiger partial charge >= 0.3 is 6.18 Å². The lowest BCUT2D eigenvalue weighted by atomic mass is 9.90. The molecule has 0 bridgehead atoms. The molecule has 0 aliphatic heterocycles. The molecule has 3 aromatic rings. The summed E-state index contributed by atoms with van der Waals surface area (Å²) in [5.41, 5.74) is 10.9. The van der Waals surface area contributed by atoms with E-state index >= 15 is 0 Å². The number of phenols is 2. The number of aromatic hydroxyl groups is 2. The van der Waals surface area contributed by atoms with Crippen molar-refractivity contribution in [1.29, 1.82) is 0 Å². The third-order valence-electron chi connectivity index (χ3n) is 3.95. The molecule has 0 heterocycles. The molecule has 7 heteroatoms. The fourth-order valence-corrected chi connectivity index (χ4v) is 2.87. The number of phenolic OH excluding ortho intramolecular Hbond substituents is 2. The molecule has 0 radical (unpaired) electrons. The van der Waals surface area contributed by atoms with E-state index in [1.54, 1.807) is 0 Å². The number of hydrogen-bond donors (Lipinski definition) is 4. The van der Waals surface area contributed by atoms with Gasteiger partial charge in [-0.3, -0.25) is 0 Å². The molecular weight excluding hydrogens is 345 g/mol. The first kappa shape index (κ1) is 17.5. The Bertz CT molecular complexity index is 985. The molecule has 0 saturated carbocycles. The SMILES string of the molecule is Nc1ccc(-c2c(O)cc(N)cc2-c2ccccc2C(F)(F)F)c(O)c1. The van der Waals surface area contributed by atoms with Gasteiger partial charge in [0.1, 0.15) is 11.5 Å². The zero-order chi connectivity index (χ0) is 19.1. The lowest BCUT2D eigenvalue weighted by molar-refractivity contribution is -0.137. The maximum absolute atomic E-state index is 13.4. The van der Waals surface area contributed by atoms with Crippen molar-refractivity contribution in [3.63, 3.8) is 0 Å². The number of nitrogens with two attached hydrogens (primary N) is 2. The molecule has 0 aromatic heterocycles. The molecule has 0 saturated heterocycles. The van der Waals surface area contributed by atoms with Gasteiger partial charge in [0, 0.05) is 34.6 Å². The van der Waals surface area contributed by atoms with Crippen LogP contribution in [0.1, 0.15) is 5.56 Å². The molecule has 0 aliphatic carbocycles. The Hall–Kier alpha value is -3.35. The first-order valence-electron chi connectivity index (χ1n) is 7.56. The lowest BCUT2D eigenvalue weighted by Gasteiger charge is -2.18. The van der Waals surface area contributed by atoms with Crippen molar-refractivity contribution in [2.45, 2.75) is 6.18 Å². The van der Waals surface area contributed by atoms with E-state index in [0.717, 1.165) is 6.07 Å². The highest BCUT2D eigenvalue weighted by Gasteiger charge is 2.34. The lowest BCUT2D eigenvalue weighted by Crippen LogP contribution is -2.07. The maximum atomic E-state index is 13.4. The van der Waals surface area contributed by atoms with E-state index in [1.807, 2.05) is 0 Å². The average molecular weight is 360 g/mol. The van der Waals surface area contributed by atoms with E-state index in [2.05, 4.69) is 0 Å². The summed E-state index contributed by atoms with van der Waals surface area (Å²) in [6, 6.07) is 11.7. The summed E-state index contributed by atoms with van der Waals surface area (Å²) in [6.07, 6.45) is -4.60. The molecule has 0 unspecified atom stereocenters. The number of rotatable bonds is 2. The fourth-order valence-electron chi connectivity index (χ4n) is 2.87. The van der Waals surface area contributed by atoms with Crippen LogP contribution in [0.5, 0.6) is 11.5 Å². The number of hydrogen-bond acceptors (Lipinski definition) is 4. The highest BCUT2D eigenvalue weighted by molar-refractivity contribution is 5.93. The summed E-state index contributed by atoms with van der Waals surface area (Å²) in [7, 11) is 0. The van der Waals surface area contributed by atoms with Crippen molar-refractivity contribution in [2.75, 3.05) is 11.5 Å². The molecule has 0 atom stereocenters. The van der Waals surface area contributed by atoms with Crippen molar-refractivity contribution in [2.24, 2.45) is 0 Å².